The predicted molar refractivity (Wildman–Crippen MR) is 119 cm³/mol. The van der Waals surface area contributed by atoms with Gasteiger partial charge >= 0.3 is 0 Å². The average molecular weight is 391 g/mol. The van der Waals surface area contributed by atoms with E-state index in [4.69, 9.17) is 4.74 Å². The molecule has 1 heterocycles. The monoisotopic (exact) mass is 390 g/mol. The van der Waals surface area contributed by atoms with Crippen molar-refractivity contribution >= 4 is 17.5 Å². The maximum atomic E-state index is 12.1. The molecule has 1 aliphatic heterocycles. The molecule has 0 aromatic heterocycles. The number of carbonyl (C=O) groups is 2. The van der Waals surface area contributed by atoms with Crippen molar-refractivity contribution in [2.24, 2.45) is 5.92 Å². The first-order chi connectivity index (χ1) is 13.5. The Labute approximate surface area is 171 Å². The number of ether oxygens (including phenoxy) is 1. The van der Waals surface area contributed by atoms with Gasteiger partial charge in [0.2, 0.25) is 0 Å². The van der Waals surface area contributed by atoms with Crippen molar-refractivity contribution in [3.63, 3.8) is 0 Å². The molecule has 1 aliphatic rings. The molecule has 1 unspecified atom stereocenters. The van der Waals surface area contributed by atoms with E-state index in [-0.39, 0.29) is 11.8 Å². The minimum Gasteiger partial charge on any atom is -0.382 e. The van der Waals surface area contributed by atoms with E-state index in [0.29, 0.717) is 12.1 Å². The molecule has 1 saturated heterocycles. The smallest absolute Gasteiger partial charge is 0.258 e. The zero-order valence-corrected chi connectivity index (χ0v) is 18.2. The van der Waals surface area contributed by atoms with Gasteiger partial charge < -0.3 is 4.74 Å². The van der Waals surface area contributed by atoms with Crippen LogP contribution in [0.15, 0.2) is 55.6 Å². The van der Waals surface area contributed by atoms with E-state index >= 15 is 0 Å². The first-order valence-corrected chi connectivity index (χ1v) is 9.90. The van der Waals surface area contributed by atoms with Crippen molar-refractivity contribution in [1.29, 1.82) is 0 Å². The highest BCUT2D eigenvalue weighted by Crippen LogP contribution is 2.22. The van der Waals surface area contributed by atoms with Crippen molar-refractivity contribution in [1.82, 2.24) is 5.43 Å². The Morgan fingerprint density at radius 1 is 1.04 bits per heavy atom. The summed E-state index contributed by atoms with van der Waals surface area (Å²) in [5.41, 5.74) is 3.34. The van der Waals surface area contributed by atoms with Gasteiger partial charge in [0.05, 0.1) is 5.69 Å². The zero-order valence-electron chi connectivity index (χ0n) is 18.2. The minimum absolute atomic E-state index is 0.144. The molecule has 1 atom stereocenters. The molecule has 1 aromatic rings. The summed E-state index contributed by atoms with van der Waals surface area (Å²) >= 11 is 0. The number of nitrogens with zero attached hydrogens (tertiary/aromatic N) is 1. The molecule has 2 amide bonds. The van der Waals surface area contributed by atoms with Crippen LogP contribution in [-0.2, 0) is 14.3 Å². The average Bonchev–Trinajstić information content (AvgIpc) is 2.97. The van der Waals surface area contributed by atoms with Crippen LogP contribution < -0.4 is 10.4 Å². The molecule has 0 spiro atoms. The lowest BCUT2D eigenvalue weighted by atomic mass is 10.0. The number of rotatable bonds is 6. The second-order valence-electron chi connectivity index (χ2n) is 5.78. The summed E-state index contributed by atoms with van der Waals surface area (Å²) in [6.07, 6.45) is 6.01. The van der Waals surface area contributed by atoms with Crippen LogP contribution in [0, 0.1) is 5.92 Å². The number of benzene rings is 1. The number of allylic oxidation sites excluding steroid dienone is 2. The summed E-state index contributed by atoms with van der Waals surface area (Å²) in [6.45, 7) is 18.2. The topological polar surface area (TPSA) is 58.6 Å². The number of hydrazine groups is 1. The summed E-state index contributed by atoms with van der Waals surface area (Å²) in [5.74, 6) is -0.850. The van der Waals surface area contributed by atoms with E-state index in [1.165, 1.54) is 5.01 Å². The van der Waals surface area contributed by atoms with Gasteiger partial charge in [-0.2, -0.15) is 0 Å². The molecular formula is C23H38N2O3. The van der Waals surface area contributed by atoms with Crippen molar-refractivity contribution < 1.29 is 14.3 Å². The highest BCUT2D eigenvalue weighted by atomic mass is 16.5. The normalized spacial score (nSPS) is 14.3. The van der Waals surface area contributed by atoms with E-state index in [2.05, 4.69) is 18.6 Å². The Balaban J connectivity index is 0. The predicted octanol–water partition coefficient (Wildman–Crippen LogP) is 5.30. The summed E-state index contributed by atoms with van der Waals surface area (Å²) in [6, 6.07) is 9.17. The number of hydrogen-bond donors (Lipinski definition) is 1. The van der Waals surface area contributed by atoms with Crippen molar-refractivity contribution in [2.45, 2.75) is 53.9 Å². The molecular weight excluding hydrogens is 352 g/mol. The van der Waals surface area contributed by atoms with Gasteiger partial charge in [0.15, 0.2) is 0 Å². The van der Waals surface area contributed by atoms with E-state index < -0.39 is 5.92 Å². The third-order valence-electron chi connectivity index (χ3n) is 3.33. The quantitative estimate of drug-likeness (QED) is 0.530. The van der Waals surface area contributed by atoms with Crippen LogP contribution in [-0.4, -0.2) is 25.0 Å². The standard InChI is InChI=1S/C13H16N2O2.C4H10O.2C3H6/c1-2-3-9-11-12(16)14-15(13(11)17)10-7-5-4-6-8-10;1-3-5-4-2;2*1-3-2/h4-8,11H,2-3,9H2,1H3,(H,14,16);3-4H2,1-2H3;2*3H,1H2,2H3. The SMILES string of the molecule is C=CC.C=CC.CCCCC1C(=O)NN(c2ccccc2)C1=O.CCOCC. The van der Waals surface area contributed by atoms with Crippen LogP contribution in [0.2, 0.25) is 0 Å². The Morgan fingerprint density at radius 2 is 1.54 bits per heavy atom. The first kappa shape index (κ1) is 27.8. The second kappa shape index (κ2) is 19.4. The van der Waals surface area contributed by atoms with Crippen molar-refractivity contribution in [3.05, 3.63) is 55.6 Å². The Bertz CT molecular complexity index is 536. The minimum atomic E-state index is -0.518. The first-order valence-electron chi connectivity index (χ1n) is 9.90. The fraction of sp³-hybridized carbons (Fsp3) is 0.478. The van der Waals surface area contributed by atoms with Crippen LogP contribution in [0.5, 0.6) is 0 Å². The number of para-hydroxylation sites is 1. The van der Waals surface area contributed by atoms with Gasteiger partial charge in [-0.3, -0.25) is 15.0 Å². The summed E-state index contributed by atoms with van der Waals surface area (Å²) in [5, 5.41) is 1.35. The van der Waals surface area contributed by atoms with Crippen LogP contribution in [0.1, 0.15) is 53.9 Å². The Morgan fingerprint density at radius 3 is 1.93 bits per heavy atom. The van der Waals surface area contributed by atoms with Gasteiger partial charge in [0.25, 0.3) is 11.8 Å². The van der Waals surface area contributed by atoms with Gasteiger partial charge in [-0.1, -0.05) is 50.1 Å². The zero-order chi connectivity index (χ0) is 21.8. The molecule has 0 aliphatic carbocycles. The number of nitrogens with one attached hydrogen (secondary N) is 1. The molecule has 1 fully saturated rings. The number of anilines is 1. The van der Waals surface area contributed by atoms with E-state index in [9.17, 15) is 9.59 Å². The third kappa shape index (κ3) is 12.1. The molecule has 0 radical (unpaired) electrons. The Kier molecular flexibility index (Phi) is 19.2. The van der Waals surface area contributed by atoms with Gasteiger partial charge in [0, 0.05) is 13.2 Å². The van der Waals surface area contributed by atoms with E-state index in [1.807, 2.05) is 52.8 Å². The highest BCUT2D eigenvalue weighted by Gasteiger charge is 2.39. The van der Waals surface area contributed by atoms with Crippen molar-refractivity contribution in [2.75, 3.05) is 18.2 Å². The maximum Gasteiger partial charge on any atom is 0.258 e. The number of unbranched alkanes of at least 4 members (excludes halogenated alkanes) is 1. The van der Waals surface area contributed by atoms with Gasteiger partial charge in [-0.05, 0) is 46.2 Å². The van der Waals surface area contributed by atoms with Gasteiger partial charge in [0.1, 0.15) is 5.92 Å². The van der Waals surface area contributed by atoms with Crippen molar-refractivity contribution in [3.8, 4) is 0 Å². The largest absolute Gasteiger partial charge is 0.382 e. The molecule has 5 heteroatoms. The molecule has 1 N–H and O–H groups in total. The Hall–Kier alpha value is -2.40. The van der Waals surface area contributed by atoms with Gasteiger partial charge in [-0.15, -0.1) is 13.2 Å². The number of hydrogen-bond acceptors (Lipinski definition) is 3. The summed E-state index contributed by atoms with van der Waals surface area (Å²) < 4.78 is 4.83. The molecule has 1 aromatic carbocycles. The van der Waals surface area contributed by atoms with E-state index in [1.54, 1.807) is 24.3 Å². The molecule has 28 heavy (non-hydrogen) atoms. The molecule has 158 valence electrons. The van der Waals surface area contributed by atoms with Crippen LogP contribution in [0.3, 0.4) is 0 Å². The third-order valence-corrected chi connectivity index (χ3v) is 3.33. The molecule has 0 saturated carbocycles. The lowest BCUT2D eigenvalue weighted by Gasteiger charge is -2.14. The lowest BCUT2D eigenvalue weighted by Crippen LogP contribution is -2.35. The molecule has 0 bridgehead atoms. The fourth-order valence-electron chi connectivity index (χ4n) is 2.15. The summed E-state index contributed by atoms with van der Waals surface area (Å²) in [7, 11) is 0. The van der Waals surface area contributed by atoms with Crippen LogP contribution >= 0.6 is 0 Å². The van der Waals surface area contributed by atoms with Crippen LogP contribution in [0.25, 0.3) is 0 Å². The highest BCUT2D eigenvalue weighted by molar-refractivity contribution is 6.14. The summed E-state index contributed by atoms with van der Waals surface area (Å²) in [4.78, 5) is 23.8. The molecule has 5 nitrogen and oxygen atoms in total. The lowest BCUT2D eigenvalue weighted by molar-refractivity contribution is -0.127. The number of carbonyl (C=O) groups excluding carboxylic acids is 2. The van der Waals surface area contributed by atoms with Crippen LogP contribution in [0.4, 0.5) is 5.69 Å². The second-order valence-corrected chi connectivity index (χ2v) is 5.78. The van der Waals surface area contributed by atoms with E-state index in [0.717, 1.165) is 26.1 Å². The molecule has 2 rings (SSSR count). The van der Waals surface area contributed by atoms with Gasteiger partial charge in [-0.25, -0.2) is 5.01 Å². The fourth-order valence-corrected chi connectivity index (χ4v) is 2.15. The maximum absolute atomic E-state index is 12.1. The number of amides is 2.